The number of anilines is 2. The quantitative estimate of drug-likeness (QED) is 0.877. The van der Waals surface area contributed by atoms with Crippen LogP contribution in [0.5, 0.6) is 0 Å². The molecule has 0 spiro atoms. The third kappa shape index (κ3) is 1.92. The lowest BCUT2D eigenvalue weighted by Gasteiger charge is -2.17. The second-order valence-corrected chi connectivity index (χ2v) is 4.70. The van der Waals surface area contributed by atoms with Gasteiger partial charge in [-0.1, -0.05) is 0 Å². The maximum Gasteiger partial charge on any atom is 0.265 e. The smallest absolute Gasteiger partial charge is 0.265 e. The molecule has 2 heterocycles. The molecule has 1 aromatic carbocycles. The Hall–Kier alpha value is -2.04. The van der Waals surface area contributed by atoms with E-state index in [-0.39, 0.29) is 0 Å². The first kappa shape index (κ1) is 11.1. The Labute approximate surface area is 106 Å². The largest absolute Gasteiger partial charge is 0.385 e. The van der Waals surface area contributed by atoms with E-state index in [0.717, 1.165) is 18.5 Å². The molecule has 3 rings (SSSR count). The minimum atomic E-state index is 0.576. The predicted octanol–water partition coefficient (Wildman–Crippen LogP) is 2.16. The van der Waals surface area contributed by atoms with Crippen LogP contribution in [0.25, 0.3) is 11.5 Å². The Morgan fingerprint density at radius 1 is 1.33 bits per heavy atom. The van der Waals surface area contributed by atoms with Gasteiger partial charge in [0.15, 0.2) is 0 Å². The molecular weight excluding hydrogens is 228 g/mol. The van der Waals surface area contributed by atoms with Gasteiger partial charge in [0, 0.05) is 31.9 Å². The average molecular weight is 244 g/mol. The molecule has 18 heavy (non-hydrogen) atoms. The van der Waals surface area contributed by atoms with Crippen molar-refractivity contribution in [1.29, 1.82) is 0 Å². The molecule has 0 fully saturated rings. The Bertz CT molecular complexity index is 562. The van der Waals surface area contributed by atoms with Crippen molar-refractivity contribution in [3.8, 4) is 11.5 Å². The van der Waals surface area contributed by atoms with Crippen LogP contribution in [0.2, 0.25) is 0 Å². The van der Waals surface area contributed by atoms with Crippen LogP contribution in [0.4, 0.5) is 11.6 Å². The Balaban J connectivity index is 1.95. The fourth-order valence-corrected chi connectivity index (χ4v) is 2.12. The first-order valence-corrected chi connectivity index (χ1v) is 6.12. The lowest BCUT2D eigenvalue weighted by Crippen LogP contribution is -2.11. The molecule has 0 saturated heterocycles. The zero-order valence-corrected chi connectivity index (χ0v) is 10.6. The van der Waals surface area contributed by atoms with Gasteiger partial charge in [-0.05, 0) is 41.8 Å². The van der Waals surface area contributed by atoms with E-state index in [1.165, 1.54) is 17.7 Å². The minimum Gasteiger partial charge on any atom is -0.385 e. The monoisotopic (exact) mass is 244 g/mol. The van der Waals surface area contributed by atoms with E-state index < -0.39 is 0 Å². The van der Waals surface area contributed by atoms with Gasteiger partial charge in [-0.3, -0.25) is 0 Å². The molecule has 5 heteroatoms. The van der Waals surface area contributed by atoms with Crippen LogP contribution in [0.3, 0.4) is 0 Å². The van der Waals surface area contributed by atoms with Gasteiger partial charge in [-0.15, -0.1) is 0 Å². The van der Waals surface area contributed by atoms with Crippen LogP contribution < -0.4 is 10.2 Å². The van der Waals surface area contributed by atoms with Crippen molar-refractivity contribution in [3.05, 3.63) is 23.8 Å². The highest BCUT2D eigenvalue weighted by atomic mass is 16.5. The van der Waals surface area contributed by atoms with Crippen LogP contribution in [0.1, 0.15) is 12.0 Å². The van der Waals surface area contributed by atoms with Gasteiger partial charge < -0.3 is 14.7 Å². The third-order valence-electron chi connectivity index (χ3n) is 3.11. The molecule has 0 saturated carbocycles. The molecule has 0 amide bonds. The van der Waals surface area contributed by atoms with E-state index in [2.05, 4.69) is 27.6 Å². The first-order valence-electron chi connectivity index (χ1n) is 6.12. The maximum absolute atomic E-state index is 5.28. The van der Waals surface area contributed by atoms with Crippen molar-refractivity contribution in [3.63, 3.8) is 0 Å². The maximum atomic E-state index is 5.28. The highest BCUT2D eigenvalue weighted by Crippen LogP contribution is 2.28. The number of nitrogens with one attached hydrogen (secondary N) is 1. The fraction of sp³-hybridized carbons (Fsp3) is 0.385. The van der Waals surface area contributed by atoms with Gasteiger partial charge in [0.1, 0.15) is 0 Å². The molecule has 0 atom stereocenters. The molecule has 2 aromatic rings. The van der Waals surface area contributed by atoms with Crippen LogP contribution in [-0.2, 0) is 6.42 Å². The van der Waals surface area contributed by atoms with Gasteiger partial charge in [0.05, 0.1) is 0 Å². The Morgan fingerprint density at radius 3 is 3.00 bits per heavy atom. The molecule has 1 aliphatic heterocycles. The summed E-state index contributed by atoms with van der Waals surface area (Å²) >= 11 is 0. The molecule has 1 aromatic heterocycles. The molecule has 0 unspecified atom stereocenters. The topological polar surface area (TPSA) is 54.2 Å². The van der Waals surface area contributed by atoms with Gasteiger partial charge in [0.25, 0.3) is 11.8 Å². The zero-order valence-electron chi connectivity index (χ0n) is 10.6. The number of nitrogens with zero attached hydrogens (tertiary/aromatic N) is 3. The summed E-state index contributed by atoms with van der Waals surface area (Å²) < 4.78 is 5.28. The van der Waals surface area contributed by atoms with Gasteiger partial charge in [-0.2, -0.15) is 4.98 Å². The molecule has 0 bridgehead atoms. The van der Waals surface area contributed by atoms with Gasteiger partial charge >= 0.3 is 0 Å². The summed E-state index contributed by atoms with van der Waals surface area (Å²) in [7, 11) is 3.79. The number of aromatic nitrogens is 2. The number of fused-ring (bicyclic) bond motifs is 1. The lowest BCUT2D eigenvalue weighted by atomic mass is 10.0. The third-order valence-corrected chi connectivity index (χ3v) is 3.11. The SMILES string of the molecule is CN(C)c1noc(-c2ccc3c(c2)CCCN3)n1. The molecular formula is C13H16N4O. The van der Waals surface area contributed by atoms with E-state index in [1.54, 1.807) is 0 Å². The first-order chi connectivity index (χ1) is 8.74. The Morgan fingerprint density at radius 2 is 2.22 bits per heavy atom. The lowest BCUT2D eigenvalue weighted by molar-refractivity contribution is 0.430. The number of aryl methyl sites for hydroxylation is 1. The van der Waals surface area contributed by atoms with E-state index in [1.807, 2.05) is 25.1 Å². The summed E-state index contributed by atoms with van der Waals surface area (Å²) in [4.78, 5) is 6.18. The average Bonchev–Trinajstić information content (AvgIpc) is 2.88. The molecule has 1 N–H and O–H groups in total. The van der Waals surface area contributed by atoms with Gasteiger partial charge in [-0.25, -0.2) is 0 Å². The molecule has 94 valence electrons. The van der Waals surface area contributed by atoms with E-state index >= 15 is 0 Å². The molecule has 5 nitrogen and oxygen atoms in total. The highest BCUT2D eigenvalue weighted by Gasteiger charge is 2.14. The second kappa shape index (κ2) is 4.33. The van der Waals surface area contributed by atoms with Crippen molar-refractivity contribution in [2.24, 2.45) is 0 Å². The normalized spacial score (nSPS) is 13.9. The van der Waals surface area contributed by atoms with E-state index in [4.69, 9.17) is 4.52 Å². The molecule has 0 aliphatic carbocycles. The summed E-state index contributed by atoms with van der Waals surface area (Å²) in [5.74, 6) is 1.17. The van der Waals surface area contributed by atoms with Crippen molar-refractivity contribution < 1.29 is 4.52 Å². The number of hydrogen-bond acceptors (Lipinski definition) is 5. The van der Waals surface area contributed by atoms with Crippen molar-refractivity contribution in [2.75, 3.05) is 30.9 Å². The Kier molecular flexibility index (Phi) is 2.66. The zero-order chi connectivity index (χ0) is 12.5. The predicted molar refractivity (Wildman–Crippen MR) is 70.9 cm³/mol. The van der Waals surface area contributed by atoms with E-state index in [0.29, 0.717) is 11.8 Å². The summed E-state index contributed by atoms with van der Waals surface area (Å²) in [5, 5.41) is 7.32. The van der Waals surface area contributed by atoms with Gasteiger partial charge in [0.2, 0.25) is 0 Å². The minimum absolute atomic E-state index is 0.576. The fourth-order valence-electron chi connectivity index (χ4n) is 2.12. The second-order valence-electron chi connectivity index (χ2n) is 4.70. The number of rotatable bonds is 2. The number of hydrogen-bond donors (Lipinski definition) is 1. The van der Waals surface area contributed by atoms with Crippen LogP contribution in [-0.4, -0.2) is 30.8 Å². The summed E-state index contributed by atoms with van der Waals surface area (Å²) in [6.45, 7) is 1.05. The van der Waals surface area contributed by atoms with Crippen LogP contribution >= 0.6 is 0 Å². The number of benzene rings is 1. The molecule has 0 radical (unpaired) electrons. The summed E-state index contributed by atoms with van der Waals surface area (Å²) in [6.07, 6.45) is 2.27. The van der Waals surface area contributed by atoms with Crippen molar-refractivity contribution in [2.45, 2.75) is 12.8 Å². The standard InChI is InChI=1S/C13H16N4O/c1-17(2)13-15-12(18-16-13)10-5-6-11-9(8-10)4-3-7-14-11/h5-6,8,14H,3-4,7H2,1-2H3. The van der Waals surface area contributed by atoms with Crippen LogP contribution in [0, 0.1) is 0 Å². The summed E-state index contributed by atoms with van der Waals surface area (Å²) in [6, 6.07) is 6.24. The van der Waals surface area contributed by atoms with Crippen LogP contribution in [0.15, 0.2) is 22.7 Å². The summed E-state index contributed by atoms with van der Waals surface area (Å²) in [5.41, 5.74) is 3.53. The van der Waals surface area contributed by atoms with Crippen molar-refractivity contribution in [1.82, 2.24) is 10.1 Å². The van der Waals surface area contributed by atoms with Crippen molar-refractivity contribution >= 4 is 11.6 Å². The van der Waals surface area contributed by atoms with E-state index in [9.17, 15) is 0 Å². The molecule has 1 aliphatic rings. The highest BCUT2D eigenvalue weighted by molar-refractivity contribution is 5.64.